The molecule has 1 aromatic heterocycles. The van der Waals surface area contributed by atoms with Gasteiger partial charge in [0.25, 0.3) is 0 Å². The number of hydrogen-bond acceptors (Lipinski definition) is 2. The fourth-order valence-corrected chi connectivity index (χ4v) is 3.64. The van der Waals surface area contributed by atoms with Gasteiger partial charge in [-0.05, 0) is 50.6 Å². The molecular weight excluding hydrogens is 258 g/mol. The molecular formula is C15H26ClN3. The number of aromatic nitrogens is 2. The maximum Gasteiger partial charge on any atom is 0.0849 e. The molecule has 1 saturated carbocycles. The van der Waals surface area contributed by atoms with Gasteiger partial charge in [0.1, 0.15) is 0 Å². The zero-order valence-corrected chi connectivity index (χ0v) is 13.1. The fraction of sp³-hybridized carbons (Fsp3) is 0.800. The quantitative estimate of drug-likeness (QED) is 0.869. The van der Waals surface area contributed by atoms with Crippen molar-refractivity contribution < 1.29 is 0 Å². The molecule has 1 aliphatic rings. The zero-order valence-electron chi connectivity index (χ0n) is 12.4. The van der Waals surface area contributed by atoms with Gasteiger partial charge in [-0.25, -0.2) is 0 Å². The Bertz CT molecular complexity index is 414. The van der Waals surface area contributed by atoms with Crippen LogP contribution in [0.25, 0.3) is 0 Å². The van der Waals surface area contributed by atoms with E-state index in [1.54, 1.807) is 0 Å². The third kappa shape index (κ3) is 3.32. The average Bonchev–Trinajstić information content (AvgIpc) is 2.95. The molecule has 1 aromatic rings. The molecule has 1 N–H and O–H groups in total. The van der Waals surface area contributed by atoms with E-state index in [9.17, 15) is 0 Å². The first-order valence-electron chi connectivity index (χ1n) is 7.58. The van der Waals surface area contributed by atoms with Crippen LogP contribution in [-0.4, -0.2) is 22.9 Å². The molecule has 4 heteroatoms. The fourth-order valence-electron chi connectivity index (χ4n) is 3.27. The molecule has 19 heavy (non-hydrogen) atoms. The van der Waals surface area contributed by atoms with Crippen molar-refractivity contribution in [2.24, 2.45) is 18.9 Å². The van der Waals surface area contributed by atoms with Crippen molar-refractivity contribution in [2.45, 2.75) is 46.0 Å². The van der Waals surface area contributed by atoms with Crippen molar-refractivity contribution in [2.75, 3.05) is 13.1 Å². The minimum absolute atomic E-state index is 0.761. The standard InChI is InChI=1S/C15H26ClN3/c1-4-13-15(16)14(19(3)18-13)9-11-7-6-8-12(11)10-17-5-2/h11-12,17H,4-10H2,1-3H3. The minimum Gasteiger partial charge on any atom is -0.317 e. The van der Waals surface area contributed by atoms with Gasteiger partial charge in [0.05, 0.1) is 16.4 Å². The molecule has 0 saturated heterocycles. The molecule has 2 atom stereocenters. The van der Waals surface area contributed by atoms with E-state index in [0.717, 1.165) is 48.5 Å². The largest absolute Gasteiger partial charge is 0.317 e. The van der Waals surface area contributed by atoms with Crippen LogP contribution >= 0.6 is 11.6 Å². The van der Waals surface area contributed by atoms with Crippen LogP contribution in [0.15, 0.2) is 0 Å². The summed E-state index contributed by atoms with van der Waals surface area (Å²) < 4.78 is 1.99. The van der Waals surface area contributed by atoms with Gasteiger partial charge in [0.15, 0.2) is 0 Å². The summed E-state index contributed by atoms with van der Waals surface area (Å²) in [5.74, 6) is 1.56. The van der Waals surface area contributed by atoms with E-state index in [-0.39, 0.29) is 0 Å². The highest BCUT2D eigenvalue weighted by Gasteiger charge is 2.29. The number of halogens is 1. The Morgan fingerprint density at radius 2 is 2.05 bits per heavy atom. The lowest BCUT2D eigenvalue weighted by atomic mass is 9.91. The third-order valence-electron chi connectivity index (χ3n) is 4.43. The first-order chi connectivity index (χ1) is 9.17. The van der Waals surface area contributed by atoms with Gasteiger partial charge in [-0.3, -0.25) is 4.68 Å². The second kappa shape index (κ2) is 6.76. The molecule has 3 nitrogen and oxygen atoms in total. The van der Waals surface area contributed by atoms with E-state index in [0.29, 0.717) is 0 Å². The van der Waals surface area contributed by atoms with E-state index in [4.69, 9.17) is 11.6 Å². The number of nitrogens with zero attached hydrogens (tertiary/aromatic N) is 2. The number of rotatable bonds is 6. The summed E-state index contributed by atoms with van der Waals surface area (Å²) in [6.07, 6.45) is 6.04. The molecule has 0 aliphatic heterocycles. The van der Waals surface area contributed by atoms with Crippen LogP contribution in [0.2, 0.25) is 5.02 Å². The first kappa shape index (κ1) is 14.9. The van der Waals surface area contributed by atoms with E-state index < -0.39 is 0 Å². The second-order valence-corrected chi connectivity index (χ2v) is 6.03. The number of hydrogen-bond donors (Lipinski definition) is 1. The summed E-state index contributed by atoms with van der Waals surface area (Å²) in [7, 11) is 2.02. The molecule has 108 valence electrons. The highest BCUT2D eigenvalue weighted by atomic mass is 35.5. The Balaban J connectivity index is 2.05. The molecule has 2 rings (SSSR count). The predicted molar refractivity (Wildman–Crippen MR) is 80.7 cm³/mol. The lowest BCUT2D eigenvalue weighted by Crippen LogP contribution is -2.26. The minimum atomic E-state index is 0.761. The average molecular weight is 284 g/mol. The van der Waals surface area contributed by atoms with Crippen LogP contribution in [0, 0.1) is 11.8 Å². The van der Waals surface area contributed by atoms with Crippen LogP contribution in [-0.2, 0) is 19.9 Å². The Hall–Kier alpha value is -0.540. The molecule has 0 amide bonds. The van der Waals surface area contributed by atoms with Crippen molar-refractivity contribution in [1.29, 1.82) is 0 Å². The lowest BCUT2D eigenvalue weighted by Gasteiger charge is -2.20. The van der Waals surface area contributed by atoms with E-state index >= 15 is 0 Å². The lowest BCUT2D eigenvalue weighted by molar-refractivity contribution is 0.362. The highest BCUT2D eigenvalue weighted by molar-refractivity contribution is 6.31. The van der Waals surface area contributed by atoms with Crippen LogP contribution < -0.4 is 5.32 Å². The van der Waals surface area contributed by atoms with Crippen molar-refractivity contribution in [3.63, 3.8) is 0 Å². The first-order valence-corrected chi connectivity index (χ1v) is 7.96. The van der Waals surface area contributed by atoms with Gasteiger partial charge < -0.3 is 5.32 Å². The highest BCUT2D eigenvalue weighted by Crippen LogP contribution is 2.35. The Labute approximate surface area is 121 Å². The number of aryl methyl sites for hydroxylation is 2. The van der Waals surface area contributed by atoms with Gasteiger partial charge in [0.2, 0.25) is 0 Å². The molecule has 1 heterocycles. The number of nitrogens with one attached hydrogen (secondary N) is 1. The smallest absolute Gasteiger partial charge is 0.0849 e. The SMILES string of the molecule is CCNCC1CCCC1Cc1c(Cl)c(CC)nn1C. The molecule has 0 spiro atoms. The van der Waals surface area contributed by atoms with Gasteiger partial charge in [-0.1, -0.05) is 31.9 Å². The Kier molecular flexibility index (Phi) is 5.28. The zero-order chi connectivity index (χ0) is 13.8. The molecule has 0 bridgehead atoms. The Morgan fingerprint density at radius 1 is 1.32 bits per heavy atom. The summed E-state index contributed by atoms with van der Waals surface area (Å²) in [5, 5.41) is 8.93. The monoisotopic (exact) mass is 283 g/mol. The maximum atomic E-state index is 6.46. The van der Waals surface area contributed by atoms with E-state index in [1.807, 2.05) is 11.7 Å². The topological polar surface area (TPSA) is 29.9 Å². The van der Waals surface area contributed by atoms with Gasteiger partial charge in [-0.15, -0.1) is 0 Å². The summed E-state index contributed by atoms with van der Waals surface area (Å²) in [4.78, 5) is 0. The van der Waals surface area contributed by atoms with Gasteiger partial charge in [-0.2, -0.15) is 5.10 Å². The Morgan fingerprint density at radius 3 is 2.68 bits per heavy atom. The van der Waals surface area contributed by atoms with E-state index in [1.165, 1.54) is 25.0 Å². The summed E-state index contributed by atoms with van der Waals surface area (Å²) in [6, 6.07) is 0. The van der Waals surface area contributed by atoms with Crippen molar-refractivity contribution in [3.8, 4) is 0 Å². The maximum absolute atomic E-state index is 6.46. The van der Waals surface area contributed by atoms with Crippen molar-refractivity contribution in [3.05, 3.63) is 16.4 Å². The van der Waals surface area contributed by atoms with Crippen LogP contribution in [0.5, 0.6) is 0 Å². The molecule has 0 radical (unpaired) electrons. The van der Waals surface area contributed by atoms with Gasteiger partial charge in [0, 0.05) is 7.05 Å². The van der Waals surface area contributed by atoms with Gasteiger partial charge >= 0.3 is 0 Å². The van der Waals surface area contributed by atoms with Crippen LogP contribution in [0.3, 0.4) is 0 Å². The molecule has 0 aromatic carbocycles. The summed E-state index contributed by atoms with van der Waals surface area (Å²) >= 11 is 6.46. The predicted octanol–water partition coefficient (Wildman–Crippen LogP) is 3.20. The van der Waals surface area contributed by atoms with Crippen molar-refractivity contribution >= 4 is 11.6 Å². The molecule has 1 aliphatic carbocycles. The summed E-state index contributed by atoms with van der Waals surface area (Å²) in [6.45, 7) is 6.50. The van der Waals surface area contributed by atoms with Crippen LogP contribution in [0.1, 0.15) is 44.5 Å². The van der Waals surface area contributed by atoms with Crippen LogP contribution in [0.4, 0.5) is 0 Å². The third-order valence-corrected chi connectivity index (χ3v) is 4.87. The molecule has 1 fully saturated rings. The van der Waals surface area contributed by atoms with E-state index in [2.05, 4.69) is 24.3 Å². The normalized spacial score (nSPS) is 23.2. The van der Waals surface area contributed by atoms with Crippen molar-refractivity contribution in [1.82, 2.24) is 15.1 Å². The summed E-state index contributed by atoms with van der Waals surface area (Å²) in [5.41, 5.74) is 2.27. The molecule has 2 unspecified atom stereocenters. The second-order valence-electron chi connectivity index (χ2n) is 5.65.